The molecule has 1 aromatic carbocycles. The normalized spacial score (nSPS) is 12.7. The van der Waals surface area contributed by atoms with E-state index in [-0.39, 0.29) is 0 Å². The molecular weight excluding hydrogens is 330 g/mol. The largest absolute Gasteiger partial charge is 0.367 e. The van der Waals surface area contributed by atoms with Crippen molar-refractivity contribution in [3.05, 3.63) is 52.0 Å². The highest BCUT2D eigenvalue weighted by Gasteiger charge is 2.18. The Balaban J connectivity index is 1.90. The molecule has 3 N–H and O–H groups in total. The summed E-state index contributed by atoms with van der Waals surface area (Å²) in [4.78, 5) is 13.0. The fourth-order valence-corrected chi connectivity index (χ4v) is 4.05. The molecule has 0 aliphatic carbocycles. The Morgan fingerprint density at radius 3 is 2.68 bits per heavy atom. The lowest BCUT2D eigenvalue weighted by Gasteiger charge is -2.25. The molecule has 0 aliphatic heterocycles. The molecule has 0 radical (unpaired) electrons. The van der Waals surface area contributed by atoms with Gasteiger partial charge in [0.1, 0.15) is 11.6 Å². The number of hydrogen-bond donors (Lipinski definition) is 2. The van der Waals surface area contributed by atoms with E-state index >= 15 is 0 Å². The number of nitrogens with two attached hydrogens (primary N) is 1. The third kappa shape index (κ3) is 3.98. The second-order valence-corrected chi connectivity index (χ2v) is 7.32. The molecule has 0 saturated heterocycles. The Kier molecular flexibility index (Phi) is 5.63. The van der Waals surface area contributed by atoms with Crippen LogP contribution < -0.4 is 11.1 Å². The van der Waals surface area contributed by atoms with E-state index in [0.717, 1.165) is 29.1 Å². The topological polar surface area (TPSA) is 67.1 Å². The first kappa shape index (κ1) is 17.8. The molecule has 0 amide bonds. The number of rotatable bonds is 7. The summed E-state index contributed by atoms with van der Waals surface area (Å²) in [6.45, 7) is 3.51. The minimum absolute atomic E-state index is 0.298. The van der Waals surface area contributed by atoms with Crippen LogP contribution >= 0.6 is 11.3 Å². The maximum Gasteiger partial charge on any atom is 0.137 e. The summed E-state index contributed by atoms with van der Waals surface area (Å²) >= 11 is 1.81. The number of thiophene rings is 1. The minimum Gasteiger partial charge on any atom is -0.367 e. The lowest BCUT2D eigenvalue weighted by molar-refractivity contribution is 0.315. The lowest BCUT2D eigenvalue weighted by Crippen LogP contribution is -2.27. The predicted octanol–water partition coefficient (Wildman–Crippen LogP) is 3.22. The summed E-state index contributed by atoms with van der Waals surface area (Å²) in [6, 6.07) is 10.6. The van der Waals surface area contributed by atoms with Crippen molar-refractivity contribution in [1.82, 2.24) is 14.9 Å². The van der Waals surface area contributed by atoms with Crippen molar-refractivity contribution in [2.45, 2.75) is 19.4 Å². The number of fused-ring (bicyclic) bond motifs is 1. The number of para-hydroxylation sites is 1. The highest BCUT2D eigenvalue weighted by atomic mass is 32.1. The monoisotopic (exact) mass is 355 g/mol. The van der Waals surface area contributed by atoms with Crippen molar-refractivity contribution >= 4 is 28.1 Å². The number of benzene rings is 1. The van der Waals surface area contributed by atoms with Crippen molar-refractivity contribution in [3.63, 3.8) is 0 Å². The van der Waals surface area contributed by atoms with Gasteiger partial charge in [0.15, 0.2) is 0 Å². The van der Waals surface area contributed by atoms with Crippen LogP contribution in [0.4, 0.5) is 5.82 Å². The molecule has 0 spiro atoms. The zero-order chi connectivity index (χ0) is 17.8. The smallest absolute Gasteiger partial charge is 0.137 e. The Labute approximate surface area is 152 Å². The lowest BCUT2D eigenvalue weighted by atomic mass is 10.1. The molecule has 0 aliphatic rings. The highest BCUT2D eigenvalue weighted by Crippen LogP contribution is 2.28. The number of aryl methyl sites for hydroxylation is 1. The van der Waals surface area contributed by atoms with Gasteiger partial charge in [-0.05, 0) is 56.7 Å². The third-order valence-corrected chi connectivity index (χ3v) is 5.43. The van der Waals surface area contributed by atoms with E-state index in [1.807, 2.05) is 18.2 Å². The average Bonchev–Trinajstić information content (AvgIpc) is 3.01. The molecule has 25 heavy (non-hydrogen) atoms. The second kappa shape index (κ2) is 7.91. The fraction of sp³-hybridized carbons (Fsp3) is 0.368. The van der Waals surface area contributed by atoms with Crippen LogP contribution in [0.5, 0.6) is 0 Å². The van der Waals surface area contributed by atoms with E-state index in [9.17, 15) is 0 Å². The van der Waals surface area contributed by atoms with Crippen LogP contribution in [0, 0.1) is 6.92 Å². The predicted molar refractivity (Wildman–Crippen MR) is 106 cm³/mol. The van der Waals surface area contributed by atoms with Crippen LogP contribution in [0.15, 0.2) is 35.7 Å². The summed E-state index contributed by atoms with van der Waals surface area (Å²) in [7, 11) is 4.23. The molecule has 0 bridgehead atoms. The van der Waals surface area contributed by atoms with Gasteiger partial charge < -0.3 is 16.0 Å². The third-order valence-electron chi connectivity index (χ3n) is 4.31. The van der Waals surface area contributed by atoms with Crippen molar-refractivity contribution in [1.29, 1.82) is 0 Å². The van der Waals surface area contributed by atoms with Crippen LogP contribution in [0.3, 0.4) is 0 Å². The summed E-state index contributed by atoms with van der Waals surface area (Å²) in [5.74, 6) is 1.67. The number of aromatic nitrogens is 2. The highest BCUT2D eigenvalue weighted by molar-refractivity contribution is 7.10. The van der Waals surface area contributed by atoms with Gasteiger partial charge in [0.05, 0.1) is 11.6 Å². The quantitative estimate of drug-likeness (QED) is 0.681. The average molecular weight is 356 g/mol. The molecule has 0 saturated carbocycles. The van der Waals surface area contributed by atoms with Crippen LogP contribution in [0.1, 0.15) is 22.3 Å². The van der Waals surface area contributed by atoms with Crippen molar-refractivity contribution in [2.24, 2.45) is 5.73 Å². The maximum absolute atomic E-state index is 5.69. The summed E-state index contributed by atoms with van der Waals surface area (Å²) in [5.41, 5.74) is 7.98. The molecule has 5 nitrogen and oxygen atoms in total. The number of nitrogens with one attached hydrogen (secondary N) is 1. The van der Waals surface area contributed by atoms with Crippen molar-refractivity contribution in [3.8, 4) is 0 Å². The molecule has 3 aromatic rings. The summed E-state index contributed by atoms with van der Waals surface area (Å²) < 4.78 is 0. The Bertz CT molecular complexity index is 843. The maximum atomic E-state index is 5.69. The molecule has 2 aromatic heterocycles. The molecule has 0 unspecified atom stereocenters. The molecule has 3 rings (SSSR count). The fourth-order valence-electron chi connectivity index (χ4n) is 2.93. The van der Waals surface area contributed by atoms with E-state index in [1.165, 1.54) is 10.4 Å². The number of hydrogen-bond acceptors (Lipinski definition) is 6. The SMILES string of the molecule is Cc1ccsc1[C@H](CNc1nc(CCN)nc2ccccc12)N(C)C. The van der Waals surface area contributed by atoms with Crippen LogP contribution in [0.2, 0.25) is 0 Å². The first-order valence-corrected chi connectivity index (χ1v) is 9.38. The van der Waals surface area contributed by atoms with Gasteiger partial charge in [0, 0.05) is 23.2 Å². The van der Waals surface area contributed by atoms with Gasteiger partial charge in [-0.2, -0.15) is 0 Å². The first-order chi connectivity index (χ1) is 12.1. The van der Waals surface area contributed by atoms with Gasteiger partial charge in [-0.15, -0.1) is 11.3 Å². The molecule has 6 heteroatoms. The van der Waals surface area contributed by atoms with E-state index in [0.29, 0.717) is 19.0 Å². The van der Waals surface area contributed by atoms with Gasteiger partial charge in [-0.3, -0.25) is 0 Å². The Morgan fingerprint density at radius 1 is 1.20 bits per heavy atom. The van der Waals surface area contributed by atoms with Gasteiger partial charge >= 0.3 is 0 Å². The van der Waals surface area contributed by atoms with Gasteiger partial charge in [0.25, 0.3) is 0 Å². The Hall–Kier alpha value is -2.02. The van der Waals surface area contributed by atoms with Crippen LogP contribution in [-0.2, 0) is 6.42 Å². The summed E-state index contributed by atoms with van der Waals surface area (Å²) in [5, 5.41) is 6.75. The minimum atomic E-state index is 0.298. The second-order valence-electron chi connectivity index (χ2n) is 6.37. The number of nitrogens with zero attached hydrogens (tertiary/aromatic N) is 3. The van der Waals surface area contributed by atoms with Crippen molar-refractivity contribution < 1.29 is 0 Å². The summed E-state index contributed by atoms with van der Waals surface area (Å²) in [6.07, 6.45) is 0.681. The zero-order valence-corrected chi connectivity index (χ0v) is 15.8. The number of anilines is 1. The van der Waals surface area contributed by atoms with Gasteiger partial charge in [0.2, 0.25) is 0 Å². The van der Waals surface area contributed by atoms with E-state index in [1.54, 1.807) is 11.3 Å². The van der Waals surface area contributed by atoms with Crippen molar-refractivity contribution in [2.75, 3.05) is 32.5 Å². The van der Waals surface area contributed by atoms with Crippen LogP contribution in [-0.4, -0.2) is 42.1 Å². The molecule has 1 atom stereocenters. The van der Waals surface area contributed by atoms with E-state index < -0.39 is 0 Å². The van der Waals surface area contributed by atoms with Gasteiger partial charge in [-0.25, -0.2) is 9.97 Å². The Morgan fingerprint density at radius 2 is 2.00 bits per heavy atom. The standard InChI is InChI=1S/C19H25N5S/c1-13-9-11-25-18(13)16(24(2)3)12-21-19-14-6-4-5-7-15(14)22-17(23-19)8-10-20/h4-7,9,11,16H,8,10,12,20H2,1-3H3,(H,21,22,23)/t16-/m0/s1. The van der Waals surface area contributed by atoms with E-state index in [4.69, 9.17) is 10.7 Å². The molecular formula is C19H25N5S. The van der Waals surface area contributed by atoms with Gasteiger partial charge in [-0.1, -0.05) is 12.1 Å². The molecule has 0 fully saturated rings. The van der Waals surface area contributed by atoms with Crippen LogP contribution in [0.25, 0.3) is 10.9 Å². The number of likely N-dealkylation sites (N-methyl/N-ethyl adjacent to an activating group) is 1. The first-order valence-electron chi connectivity index (χ1n) is 8.50. The van der Waals surface area contributed by atoms with E-state index in [2.05, 4.69) is 53.7 Å². The molecule has 2 heterocycles. The zero-order valence-electron chi connectivity index (χ0n) is 15.0. The molecule has 132 valence electrons.